The van der Waals surface area contributed by atoms with Gasteiger partial charge in [-0.25, -0.2) is 5.84 Å². The Kier molecular flexibility index (Phi) is 4.27. The van der Waals surface area contributed by atoms with E-state index < -0.39 is 0 Å². The van der Waals surface area contributed by atoms with E-state index in [1.807, 2.05) is 38.1 Å². The molecule has 0 spiro atoms. The van der Waals surface area contributed by atoms with E-state index in [0.29, 0.717) is 6.61 Å². The molecule has 5 nitrogen and oxygen atoms in total. The number of fused-ring (bicyclic) bond motifs is 1. The number of para-hydroxylation sites is 2. The van der Waals surface area contributed by atoms with Gasteiger partial charge in [0.15, 0.2) is 0 Å². The molecule has 0 aliphatic carbocycles. The van der Waals surface area contributed by atoms with Gasteiger partial charge < -0.3 is 9.64 Å². The van der Waals surface area contributed by atoms with Gasteiger partial charge in [-0.1, -0.05) is 19.1 Å². The second kappa shape index (κ2) is 5.93. The molecule has 2 rings (SSSR count). The first kappa shape index (κ1) is 13.7. The maximum Gasteiger partial charge on any atom is 0.238 e. The lowest BCUT2D eigenvalue weighted by Gasteiger charge is -2.33. The van der Waals surface area contributed by atoms with Gasteiger partial charge in [0.2, 0.25) is 5.91 Å². The van der Waals surface area contributed by atoms with E-state index in [1.54, 1.807) is 0 Å². The first-order valence-electron chi connectivity index (χ1n) is 6.64. The van der Waals surface area contributed by atoms with Gasteiger partial charge in [0, 0.05) is 12.6 Å². The lowest BCUT2D eigenvalue weighted by atomic mass is 10.00. The number of carbonyl (C=O) groups is 1. The van der Waals surface area contributed by atoms with Crippen LogP contribution in [0.15, 0.2) is 24.3 Å². The Hall–Kier alpha value is -1.75. The zero-order chi connectivity index (χ0) is 13.8. The van der Waals surface area contributed by atoms with Crippen molar-refractivity contribution < 1.29 is 9.53 Å². The predicted molar refractivity (Wildman–Crippen MR) is 74.9 cm³/mol. The van der Waals surface area contributed by atoms with Crippen LogP contribution in [0, 0.1) is 5.92 Å². The standard InChI is InChI=1S/C14H21N3O2/c1-10(14(18)16-15)11(2)17-8-5-9-19-13-7-4-3-6-12(13)17/h3-4,6-7,10-11H,5,8-9,15H2,1-2H3,(H,16,18). The number of hydrogen-bond acceptors (Lipinski definition) is 4. The summed E-state index contributed by atoms with van der Waals surface area (Å²) in [6, 6.07) is 8.01. The number of hydrogen-bond donors (Lipinski definition) is 2. The molecule has 1 aromatic rings. The van der Waals surface area contributed by atoms with Crippen molar-refractivity contribution in [1.82, 2.24) is 5.43 Å². The van der Waals surface area contributed by atoms with Crippen molar-refractivity contribution in [2.75, 3.05) is 18.1 Å². The highest BCUT2D eigenvalue weighted by molar-refractivity contribution is 5.79. The third kappa shape index (κ3) is 2.81. The number of benzene rings is 1. The Morgan fingerprint density at radius 3 is 2.89 bits per heavy atom. The van der Waals surface area contributed by atoms with E-state index in [1.165, 1.54) is 0 Å². The highest BCUT2D eigenvalue weighted by atomic mass is 16.5. The van der Waals surface area contributed by atoms with Gasteiger partial charge in [0.25, 0.3) is 0 Å². The number of carbonyl (C=O) groups excluding carboxylic acids is 1. The van der Waals surface area contributed by atoms with Crippen molar-refractivity contribution in [3.8, 4) is 5.75 Å². The van der Waals surface area contributed by atoms with Gasteiger partial charge in [-0.3, -0.25) is 10.2 Å². The number of nitrogens with two attached hydrogens (primary N) is 1. The molecule has 1 aliphatic rings. The summed E-state index contributed by atoms with van der Waals surface area (Å²) < 4.78 is 5.73. The third-order valence-corrected chi connectivity index (χ3v) is 3.75. The number of nitrogens with zero attached hydrogens (tertiary/aromatic N) is 1. The lowest BCUT2D eigenvalue weighted by molar-refractivity contribution is -0.125. The molecule has 0 bridgehead atoms. The quantitative estimate of drug-likeness (QED) is 0.490. The molecule has 1 aromatic carbocycles. The minimum atomic E-state index is -0.184. The van der Waals surface area contributed by atoms with Crippen LogP contribution in [0.1, 0.15) is 20.3 Å². The van der Waals surface area contributed by atoms with Gasteiger partial charge in [0.1, 0.15) is 5.75 Å². The Morgan fingerprint density at radius 1 is 1.42 bits per heavy atom. The van der Waals surface area contributed by atoms with Gasteiger partial charge in [-0.05, 0) is 25.5 Å². The summed E-state index contributed by atoms with van der Waals surface area (Å²) >= 11 is 0. The zero-order valence-corrected chi connectivity index (χ0v) is 11.4. The Balaban J connectivity index is 2.26. The van der Waals surface area contributed by atoms with Crippen LogP contribution in [0.5, 0.6) is 5.75 Å². The van der Waals surface area contributed by atoms with Gasteiger partial charge in [-0.2, -0.15) is 0 Å². The number of ether oxygens (including phenoxy) is 1. The largest absolute Gasteiger partial charge is 0.491 e. The molecule has 1 heterocycles. The number of nitrogens with one attached hydrogen (secondary N) is 1. The van der Waals surface area contributed by atoms with E-state index >= 15 is 0 Å². The van der Waals surface area contributed by atoms with Crippen LogP contribution < -0.4 is 20.9 Å². The summed E-state index contributed by atoms with van der Waals surface area (Å²) in [6.45, 7) is 5.52. The third-order valence-electron chi connectivity index (χ3n) is 3.75. The topological polar surface area (TPSA) is 67.6 Å². The fourth-order valence-electron chi connectivity index (χ4n) is 2.40. The summed E-state index contributed by atoms with van der Waals surface area (Å²) in [5.41, 5.74) is 3.27. The molecule has 0 radical (unpaired) electrons. The molecule has 0 saturated heterocycles. The Morgan fingerprint density at radius 2 is 2.16 bits per heavy atom. The first-order chi connectivity index (χ1) is 9.15. The number of anilines is 1. The molecule has 0 fully saturated rings. The number of hydrazine groups is 1. The van der Waals surface area contributed by atoms with E-state index in [9.17, 15) is 4.79 Å². The van der Waals surface area contributed by atoms with Gasteiger partial charge >= 0.3 is 0 Å². The molecule has 1 aliphatic heterocycles. The molecule has 0 saturated carbocycles. The van der Waals surface area contributed by atoms with Crippen molar-refractivity contribution in [3.63, 3.8) is 0 Å². The van der Waals surface area contributed by atoms with Crippen molar-refractivity contribution in [1.29, 1.82) is 0 Å². The molecule has 1 amide bonds. The van der Waals surface area contributed by atoms with Crippen molar-refractivity contribution >= 4 is 11.6 Å². The second-order valence-electron chi connectivity index (χ2n) is 4.90. The number of amides is 1. The summed E-state index contributed by atoms with van der Waals surface area (Å²) in [6.07, 6.45) is 0.940. The van der Waals surface area contributed by atoms with Crippen LogP contribution >= 0.6 is 0 Å². The molecule has 2 unspecified atom stereocenters. The molecule has 2 atom stereocenters. The molecular formula is C14H21N3O2. The molecule has 5 heteroatoms. The Labute approximate surface area is 113 Å². The Bertz CT molecular complexity index is 450. The number of rotatable bonds is 3. The summed E-state index contributed by atoms with van der Waals surface area (Å²) in [5, 5.41) is 0. The van der Waals surface area contributed by atoms with Crippen molar-refractivity contribution in [2.45, 2.75) is 26.3 Å². The molecular weight excluding hydrogens is 242 g/mol. The lowest BCUT2D eigenvalue weighted by Crippen LogP contribution is -2.46. The normalized spacial score (nSPS) is 17.7. The van der Waals surface area contributed by atoms with Crippen LogP contribution in [0.25, 0.3) is 0 Å². The smallest absolute Gasteiger partial charge is 0.238 e. The average molecular weight is 263 g/mol. The molecule has 104 valence electrons. The monoisotopic (exact) mass is 263 g/mol. The van der Waals surface area contributed by atoms with Gasteiger partial charge in [-0.15, -0.1) is 0 Å². The maximum atomic E-state index is 11.7. The predicted octanol–water partition coefficient (Wildman–Crippen LogP) is 1.29. The van der Waals surface area contributed by atoms with E-state index in [-0.39, 0.29) is 17.9 Å². The summed E-state index contributed by atoms with van der Waals surface area (Å²) in [5.74, 6) is 5.78. The first-order valence-corrected chi connectivity index (χ1v) is 6.64. The molecule has 19 heavy (non-hydrogen) atoms. The second-order valence-corrected chi connectivity index (χ2v) is 4.90. The minimum Gasteiger partial charge on any atom is -0.491 e. The van der Waals surface area contributed by atoms with Crippen molar-refractivity contribution in [3.05, 3.63) is 24.3 Å². The highest BCUT2D eigenvalue weighted by Crippen LogP contribution is 2.33. The van der Waals surface area contributed by atoms with E-state index in [2.05, 4.69) is 10.3 Å². The maximum absolute atomic E-state index is 11.7. The fraction of sp³-hybridized carbons (Fsp3) is 0.500. The highest BCUT2D eigenvalue weighted by Gasteiger charge is 2.28. The fourth-order valence-corrected chi connectivity index (χ4v) is 2.40. The van der Waals surface area contributed by atoms with Crippen LogP contribution in [-0.2, 0) is 4.79 Å². The van der Waals surface area contributed by atoms with Gasteiger partial charge in [0.05, 0.1) is 18.2 Å². The van der Waals surface area contributed by atoms with E-state index in [4.69, 9.17) is 10.6 Å². The van der Waals surface area contributed by atoms with Crippen LogP contribution in [0.2, 0.25) is 0 Å². The molecule has 0 aromatic heterocycles. The van der Waals surface area contributed by atoms with Crippen LogP contribution in [-0.4, -0.2) is 25.1 Å². The summed E-state index contributed by atoms with van der Waals surface area (Å²) in [4.78, 5) is 13.9. The summed E-state index contributed by atoms with van der Waals surface area (Å²) in [7, 11) is 0. The minimum absolute atomic E-state index is 0.0615. The van der Waals surface area contributed by atoms with Crippen molar-refractivity contribution in [2.24, 2.45) is 11.8 Å². The zero-order valence-electron chi connectivity index (χ0n) is 11.4. The van der Waals surface area contributed by atoms with Crippen LogP contribution in [0.4, 0.5) is 5.69 Å². The van der Waals surface area contributed by atoms with E-state index in [0.717, 1.165) is 24.4 Å². The van der Waals surface area contributed by atoms with Crippen LogP contribution in [0.3, 0.4) is 0 Å². The average Bonchev–Trinajstić information content (AvgIpc) is 2.67. The SMILES string of the molecule is CC(C(=O)NN)C(C)N1CCCOc2ccccc21. The molecule has 3 N–H and O–H groups in total.